The van der Waals surface area contributed by atoms with Crippen molar-refractivity contribution in [3.8, 4) is 16.3 Å². The van der Waals surface area contributed by atoms with Gasteiger partial charge in [-0.1, -0.05) is 0 Å². The molecule has 0 N–H and O–H groups in total. The van der Waals surface area contributed by atoms with Gasteiger partial charge in [0, 0.05) is 12.5 Å². The second-order valence-corrected chi connectivity index (χ2v) is 8.51. The van der Waals surface area contributed by atoms with Crippen LogP contribution in [0.1, 0.15) is 5.56 Å². The predicted octanol–water partition coefficient (Wildman–Crippen LogP) is 4.48. The number of benzene rings is 1. The minimum Gasteiger partial charge on any atom is -0.497 e. The van der Waals surface area contributed by atoms with Crippen LogP contribution in [-0.4, -0.2) is 38.3 Å². The highest BCUT2D eigenvalue weighted by molar-refractivity contribution is 9.11. The van der Waals surface area contributed by atoms with Crippen LogP contribution in [0, 0.1) is 0 Å². The van der Waals surface area contributed by atoms with Gasteiger partial charge in [0.2, 0.25) is 4.80 Å². The van der Waals surface area contributed by atoms with Gasteiger partial charge in [-0.3, -0.25) is 4.99 Å². The van der Waals surface area contributed by atoms with Crippen molar-refractivity contribution in [1.29, 1.82) is 0 Å². The number of ether oxygens (including phenoxy) is 2. The molecule has 0 saturated heterocycles. The van der Waals surface area contributed by atoms with E-state index in [0.717, 1.165) is 30.5 Å². The summed E-state index contributed by atoms with van der Waals surface area (Å²) in [6.07, 6.45) is 1.83. The first kappa shape index (κ1) is 19.0. The number of methoxy groups -OCH3 is 2. The average molecular weight is 452 g/mol. The Morgan fingerprint density at radius 2 is 1.96 bits per heavy atom. The van der Waals surface area contributed by atoms with Gasteiger partial charge < -0.3 is 9.47 Å². The van der Waals surface area contributed by atoms with Crippen LogP contribution in [0.2, 0.25) is 0 Å². The fraction of sp³-hybridized carbons (Fsp3) is 0.222. The van der Waals surface area contributed by atoms with Gasteiger partial charge in [0.1, 0.15) is 5.75 Å². The van der Waals surface area contributed by atoms with E-state index in [1.807, 2.05) is 41.2 Å². The van der Waals surface area contributed by atoms with Crippen molar-refractivity contribution in [2.24, 2.45) is 10.1 Å². The van der Waals surface area contributed by atoms with Crippen LogP contribution in [-0.2, 0) is 4.74 Å². The Balaban J connectivity index is 1.97. The summed E-state index contributed by atoms with van der Waals surface area (Å²) in [4.78, 5) is 6.58. The van der Waals surface area contributed by atoms with Crippen LogP contribution in [0.3, 0.4) is 0 Å². The standard InChI is InChI=1S/C18H18BrN3O2S2/c1-23-10-9-20-18-22(15(12-25-18)16-7-8-17(19)26-16)21-11-13-3-5-14(24-2)6-4-13/h3-8,11-12H,9-10H2,1-2H3. The van der Waals surface area contributed by atoms with Crippen molar-refractivity contribution >= 4 is 44.8 Å². The summed E-state index contributed by atoms with van der Waals surface area (Å²) >= 11 is 6.76. The zero-order valence-electron chi connectivity index (χ0n) is 14.4. The van der Waals surface area contributed by atoms with Crippen LogP contribution >= 0.6 is 38.6 Å². The van der Waals surface area contributed by atoms with Gasteiger partial charge in [-0.05, 0) is 57.9 Å². The summed E-state index contributed by atoms with van der Waals surface area (Å²) in [7, 11) is 3.33. The van der Waals surface area contributed by atoms with Crippen LogP contribution in [0.15, 0.2) is 55.7 Å². The molecule has 0 fully saturated rings. The zero-order chi connectivity index (χ0) is 18.4. The molecule has 2 aromatic heterocycles. The Hall–Kier alpha value is -1.74. The van der Waals surface area contributed by atoms with E-state index >= 15 is 0 Å². The summed E-state index contributed by atoms with van der Waals surface area (Å²) in [5.41, 5.74) is 2.01. The van der Waals surface area contributed by atoms with E-state index in [1.54, 1.807) is 36.9 Å². The third kappa shape index (κ3) is 4.70. The normalized spacial score (nSPS) is 12.2. The molecular weight excluding hydrogens is 434 g/mol. The van der Waals surface area contributed by atoms with Crippen molar-refractivity contribution in [3.05, 3.63) is 55.9 Å². The van der Waals surface area contributed by atoms with Crippen LogP contribution < -0.4 is 9.54 Å². The first-order valence-corrected chi connectivity index (χ1v) is 10.3. The lowest BCUT2D eigenvalue weighted by Gasteiger charge is -2.02. The lowest BCUT2D eigenvalue weighted by molar-refractivity contribution is 0.207. The van der Waals surface area contributed by atoms with Crippen LogP contribution in [0.4, 0.5) is 0 Å². The number of hydrogen-bond donors (Lipinski definition) is 0. The number of nitrogens with zero attached hydrogens (tertiary/aromatic N) is 3. The Kier molecular flexibility index (Phi) is 6.79. The second-order valence-electron chi connectivity index (χ2n) is 5.21. The first-order valence-electron chi connectivity index (χ1n) is 7.85. The maximum absolute atomic E-state index is 5.19. The Morgan fingerprint density at radius 3 is 2.62 bits per heavy atom. The summed E-state index contributed by atoms with van der Waals surface area (Å²) in [6.45, 7) is 1.18. The third-order valence-corrected chi connectivity index (χ3v) is 5.99. The molecule has 8 heteroatoms. The molecule has 0 bridgehead atoms. The van der Waals surface area contributed by atoms with E-state index < -0.39 is 0 Å². The van der Waals surface area contributed by atoms with Crippen molar-refractivity contribution in [1.82, 2.24) is 4.68 Å². The predicted molar refractivity (Wildman–Crippen MR) is 112 cm³/mol. The Morgan fingerprint density at radius 1 is 1.15 bits per heavy atom. The minimum atomic E-state index is 0.583. The number of aromatic nitrogens is 1. The molecule has 0 radical (unpaired) electrons. The van der Waals surface area contributed by atoms with Gasteiger partial charge in [0.25, 0.3) is 0 Å². The maximum Gasteiger partial charge on any atom is 0.206 e. The summed E-state index contributed by atoms with van der Waals surface area (Å²) < 4.78 is 13.3. The van der Waals surface area contributed by atoms with Crippen molar-refractivity contribution in [2.75, 3.05) is 27.4 Å². The molecule has 0 aliphatic carbocycles. The van der Waals surface area contributed by atoms with E-state index in [9.17, 15) is 0 Å². The molecule has 0 aliphatic rings. The van der Waals surface area contributed by atoms with Gasteiger partial charge >= 0.3 is 0 Å². The largest absolute Gasteiger partial charge is 0.497 e. The van der Waals surface area contributed by atoms with E-state index in [1.165, 1.54) is 0 Å². The quantitative estimate of drug-likeness (QED) is 0.392. The van der Waals surface area contributed by atoms with Gasteiger partial charge in [-0.2, -0.15) is 5.10 Å². The summed E-state index contributed by atoms with van der Waals surface area (Å²) in [5.74, 6) is 0.824. The maximum atomic E-state index is 5.19. The number of rotatable bonds is 7. The van der Waals surface area contributed by atoms with Gasteiger partial charge in [-0.15, -0.1) is 22.7 Å². The highest BCUT2D eigenvalue weighted by Gasteiger charge is 2.09. The van der Waals surface area contributed by atoms with E-state index in [-0.39, 0.29) is 0 Å². The third-order valence-electron chi connectivity index (χ3n) is 3.49. The fourth-order valence-electron chi connectivity index (χ4n) is 2.19. The molecule has 5 nitrogen and oxygen atoms in total. The molecule has 136 valence electrons. The van der Waals surface area contributed by atoms with Crippen LogP contribution in [0.5, 0.6) is 5.75 Å². The fourth-order valence-corrected chi connectivity index (χ4v) is 4.51. The smallest absolute Gasteiger partial charge is 0.206 e. The molecule has 3 rings (SSSR count). The van der Waals surface area contributed by atoms with Gasteiger partial charge in [0.05, 0.1) is 40.8 Å². The van der Waals surface area contributed by atoms with E-state index in [0.29, 0.717) is 13.2 Å². The van der Waals surface area contributed by atoms with E-state index in [2.05, 4.69) is 37.5 Å². The zero-order valence-corrected chi connectivity index (χ0v) is 17.6. The van der Waals surface area contributed by atoms with Crippen LogP contribution in [0.25, 0.3) is 10.6 Å². The first-order chi connectivity index (χ1) is 12.7. The molecule has 1 aromatic carbocycles. The highest BCUT2D eigenvalue weighted by atomic mass is 79.9. The average Bonchev–Trinajstić information content (AvgIpc) is 3.26. The Labute approximate surface area is 168 Å². The molecule has 0 aliphatic heterocycles. The Bertz CT molecular complexity index is 942. The lowest BCUT2D eigenvalue weighted by atomic mass is 10.2. The lowest BCUT2D eigenvalue weighted by Crippen LogP contribution is -2.13. The molecule has 0 atom stereocenters. The summed E-state index contributed by atoms with van der Waals surface area (Å²) in [5, 5.41) is 6.75. The number of hydrogen-bond acceptors (Lipinski definition) is 6. The number of thiazole rings is 1. The molecule has 0 amide bonds. The van der Waals surface area contributed by atoms with Crippen molar-refractivity contribution in [2.45, 2.75) is 0 Å². The second kappa shape index (κ2) is 9.27. The topological polar surface area (TPSA) is 48.1 Å². The molecule has 0 spiro atoms. The van der Waals surface area contributed by atoms with Crippen molar-refractivity contribution < 1.29 is 9.47 Å². The molecule has 0 unspecified atom stereocenters. The van der Waals surface area contributed by atoms with Crippen molar-refractivity contribution in [3.63, 3.8) is 0 Å². The molecule has 3 aromatic rings. The highest BCUT2D eigenvalue weighted by Crippen LogP contribution is 2.31. The molecule has 2 heterocycles. The minimum absolute atomic E-state index is 0.583. The number of halogens is 1. The number of thiophene rings is 1. The van der Waals surface area contributed by atoms with Gasteiger partial charge in [-0.25, -0.2) is 4.68 Å². The molecular formula is C18H18BrN3O2S2. The monoisotopic (exact) mass is 451 g/mol. The molecule has 26 heavy (non-hydrogen) atoms. The summed E-state index contributed by atoms with van der Waals surface area (Å²) in [6, 6.07) is 11.9. The SMILES string of the molecule is COCCN=c1scc(-c2ccc(Br)s2)n1N=Cc1ccc(OC)cc1. The van der Waals surface area contributed by atoms with E-state index in [4.69, 9.17) is 9.47 Å². The molecule has 0 saturated carbocycles. The van der Waals surface area contributed by atoms with Gasteiger partial charge in [0.15, 0.2) is 0 Å².